The second-order valence-electron chi connectivity index (χ2n) is 7.63. The maximum absolute atomic E-state index is 14.3. The number of fused-ring (bicyclic) bond motifs is 3. The highest BCUT2D eigenvalue weighted by Crippen LogP contribution is 2.48. The number of rotatable bonds is 5. The normalized spacial score (nSPS) is 18.7. The molecule has 6 nitrogen and oxygen atoms in total. The first kappa shape index (κ1) is 20.8. The van der Waals surface area contributed by atoms with Crippen LogP contribution in [0.25, 0.3) is 10.9 Å². The molecule has 0 saturated heterocycles. The molecule has 2 atom stereocenters. The third-order valence-electron chi connectivity index (χ3n) is 5.47. The highest BCUT2D eigenvalue weighted by molar-refractivity contribution is 7.91. The van der Waals surface area contributed by atoms with Crippen molar-refractivity contribution in [3.8, 4) is 0 Å². The van der Waals surface area contributed by atoms with Crippen molar-refractivity contribution in [2.45, 2.75) is 36.3 Å². The maximum Gasteiger partial charge on any atom is 0.304 e. The number of carboxylic acids is 1. The lowest BCUT2D eigenvalue weighted by atomic mass is 10.0. The molecule has 9 heteroatoms. The Morgan fingerprint density at radius 2 is 1.93 bits per heavy atom. The van der Waals surface area contributed by atoms with E-state index < -0.39 is 33.6 Å². The number of halogens is 2. The zero-order valence-corrected chi connectivity index (χ0v) is 17.5. The molecular formula is C21H19ClFNO5S. The van der Waals surface area contributed by atoms with Crippen LogP contribution >= 0.6 is 11.6 Å². The number of aliphatic carboxylic acids is 1. The van der Waals surface area contributed by atoms with Gasteiger partial charge in [-0.3, -0.25) is 4.79 Å². The number of aromatic nitrogens is 1. The van der Waals surface area contributed by atoms with Crippen molar-refractivity contribution in [1.82, 2.24) is 4.57 Å². The highest BCUT2D eigenvalue weighted by Gasteiger charge is 2.38. The van der Waals surface area contributed by atoms with Gasteiger partial charge < -0.3 is 14.8 Å². The standard InChI is InChI=1S/C21H19ClFNO5S/c1-30(28,29)17-9-14(23)8-15-19-16(25)6-12(7-18(26)27)20(19)24(21(15)17)10-11-2-4-13(22)5-3-11/h2-5,8-9,12,16,25H,6-7,10H2,1H3,(H,26,27)/t12-,16?/m1/s1. The van der Waals surface area contributed by atoms with E-state index in [1.165, 1.54) is 6.07 Å². The molecule has 158 valence electrons. The average molecular weight is 452 g/mol. The Hall–Kier alpha value is -2.42. The van der Waals surface area contributed by atoms with Gasteiger partial charge in [0.05, 0.1) is 22.9 Å². The molecule has 1 heterocycles. The smallest absolute Gasteiger partial charge is 0.304 e. The van der Waals surface area contributed by atoms with E-state index in [2.05, 4.69) is 0 Å². The monoisotopic (exact) mass is 451 g/mol. The van der Waals surface area contributed by atoms with Gasteiger partial charge in [0.1, 0.15) is 5.82 Å². The van der Waals surface area contributed by atoms with Crippen LogP contribution in [0.4, 0.5) is 4.39 Å². The summed E-state index contributed by atoms with van der Waals surface area (Å²) in [6.45, 7) is 0.222. The number of carboxylic acid groups (broad SMARTS) is 1. The Bertz CT molecular complexity index is 1270. The molecule has 2 N–H and O–H groups in total. The molecule has 1 aliphatic carbocycles. The van der Waals surface area contributed by atoms with Gasteiger partial charge in [-0.25, -0.2) is 12.8 Å². The van der Waals surface area contributed by atoms with E-state index in [0.29, 0.717) is 21.7 Å². The van der Waals surface area contributed by atoms with Crippen LogP contribution < -0.4 is 0 Å². The molecule has 30 heavy (non-hydrogen) atoms. The number of hydrogen-bond donors (Lipinski definition) is 2. The van der Waals surface area contributed by atoms with Gasteiger partial charge in [0.15, 0.2) is 9.84 Å². The quantitative estimate of drug-likeness (QED) is 0.613. The van der Waals surface area contributed by atoms with Crippen LogP contribution in [0.1, 0.15) is 41.7 Å². The van der Waals surface area contributed by atoms with Crippen LogP contribution in [0.5, 0.6) is 0 Å². The van der Waals surface area contributed by atoms with Gasteiger partial charge in [-0.2, -0.15) is 0 Å². The first-order valence-electron chi connectivity index (χ1n) is 9.26. The molecule has 1 aromatic heterocycles. The van der Waals surface area contributed by atoms with Crippen molar-refractivity contribution in [3.05, 3.63) is 64.1 Å². The minimum absolute atomic E-state index is 0.179. The minimum atomic E-state index is -3.80. The van der Waals surface area contributed by atoms with Crippen LogP contribution in [0.3, 0.4) is 0 Å². The molecule has 3 aromatic rings. The topological polar surface area (TPSA) is 96.6 Å². The van der Waals surface area contributed by atoms with E-state index in [1.807, 2.05) is 0 Å². The fraction of sp³-hybridized carbons (Fsp3) is 0.286. The summed E-state index contributed by atoms with van der Waals surface area (Å²) in [6.07, 6.45) is -0.0555. The molecule has 0 bridgehead atoms. The van der Waals surface area contributed by atoms with E-state index in [0.717, 1.165) is 17.9 Å². The van der Waals surface area contributed by atoms with Crippen molar-refractivity contribution < 1.29 is 27.8 Å². The van der Waals surface area contributed by atoms with Gasteiger partial charge in [-0.05, 0) is 36.2 Å². The molecule has 1 unspecified atom stereocenters. The van der Waals surface area contributed by atoms with Gasteiger partial charge in [-0.1, -0.05) is 23.7 Å². The fourth-order valence-electron chi connectivity index (χ4n) is 4.36. The van der Waals surface area contributed by atoms with Gasteiger partial charge in [0.25, 0.3) is 0 Å². The van der Waals surface area contributed by atoms with Crippen LogP contribution in [-0.4, -0.2) is 35.4 Å². The third-order valence-corrected chi connectivity index (χ3v) is 6.83. The predicted molar refractivity (Wildman–Crippen MR) is 110 cm³/mol. The first-order valence-corrected chi connectivity index (χ1v) is 11.5. The van der Waals surface area contributed by atoms with Crippen LogP contribution in [0.15, 0.2) is 41.3 Å². The fourth-order valence-corrected chi connectivity index (χ4v) is 5.39. The van der Waals surface area contributed by atoms with Gasteiger partial charge in [-0.15, -0.1) is 0 Å². The Morgan fingerprint density at radius 3 is 2.53 bits per heavy atom. The summed E-state index contributed by atoms with van der Waals surface area (Å²) in [5.41, 5.74) is 2.01. The second kappa shape index (κ2) is 7.37. The molecule has 0 spiro atoms. The molecule has 4 rings (SSSR count). The Kier molecular flexibility index (Phi) is 5.12. The number of hydrogen-bond acceptors (Lipinski definition) is 4. The lowest BCUT2D eigenvalue weighted by molar-refractivity contribution is -0.137. The molecule has 0 radical (unpaired) electrons. The lowest BCUT2D eigenvalue weighted by Gasteiger charge is -2.17. The molecule has 0 saturated carbocycles. The summed E-state index contributed by atoms with van der Waals surface area (Å²) < 4.78 is 41.0. The Balaban J connectivity index is 2.06. The first-order chi connectivity index (χ1) is 14.1. The van der Waals surface area contributed by atoms with Crippen LogP contribution in [-0.2, 0) is 21.2 Å². The number of aliphatic hydroxyl groups excluding tert-OH is 1. The van der Waals surface area contributed by atoms with E-state index in [-0.39, 0.29) is 29.8 Å². The Morgan fingerprint density at radius 1 is 1.27 bits per heavy atom. The van der Waals surface area contributed by atoms with Gasteiger partial charge in [0.2, 0.25) is 0 Å². The molecule has 0 fully saturated rings. The lowest BCUT2D eigenvalue weighted by Crippen LogP contribution is -2.12. The Labute approximate surface area is 177 Å². The summed E-state index contributed by atoms with van der Waals surface area (Å²) in [4.78, 5) is 11.2. The van der Waals surface area contributed by atoms with Crippen LogP contribution in [0.2, 0.25) is 5.02 Å². The molecule has 0 aliphatic heterocycles. The predicted octanol–water partition coefficient (Wildman–Crippen LogP) is 3.88. The summed E-state index contributed by atoms with van der Waals surface area (Å²) in [5, 5.41) is 20.8. The number of nitrogens with zero attached hydrogens (tertiary/aromatic N) is 1. The summed E-state index contributed by atoms with van der Waals surface area (Å²) >= 11 is 5.96. The second-order valence-corrected chi connectivity index (χ2v) is 10.1. The van der Waals surface area contributed by atoms with Crippen molar-refractivity contribution in [1.29, 1.82) is 0 Å². The molecule has 1 aliphatic rings. The number of aliphatic hydroxyl groups is 1. The van der Waals surface area contributed by atoms with Crippen molar-refractivity contribution >= 4 is 38.3 Å². The zero-order chi connectivity index (χ0) is 21.8. The largest absolute Gasteiger partial charge is 0.481 e. The van der Waals surface area contributed by atoms with Crippen molar-refractivity contribution in [3.63, 3.8) is 0 Å². The number of carbonyl (C=O) groups is 1. The average Bonchev–Trinajstić information content (AvgIpc) is 3.11. The van der Waals surface area contributed by atoms with Gasteiger partial charge in [0, 0.05) is 40.4 Å². The molecule has 2 aromatic carbocycles. The van der Waals surface area contributed by atoms with Crippen molar-refractivity contribution in [2.75, 3.05) is 6.26 Å². The minimum Gasteiger partial charge on any atom is -0.481 e. The maximum atomic E-state index is 14.3. The molecular weight excluding hydrogens is 433 g/mol. The third kappa shape index (κ3) is 3.59. The SMILES string of the molecule is CS(=O)(=O)c1cc(F)cc2c3c(n(Cc4ccc(Cl)cc4)c12)[C@@H](CC(=O)O)CC3O. The van der Waals surface area contributed by atoms with E-state index in [9.17, 15) is 27.8 Å². The van der Waals surface area contributed by atoms with Crippen LogP contribution in [0, 0.1) is 5.82 Å². The summed E-state index contributed by atoms with van der Waals surface area (Å²) in [5.74, 6) is -2.29. The zero-order valence-electron chi connectivity index (χ0n) is 16.0. The van der Waals surface area contributed by atoms with Crippen molar-refractivity contribution in [2.24, 2.45) is 0 Å². The van der Waals surface area contributed by atoms with E-state index in [1.54, 1.807) is 28.8 Å². The number of benzene rings is 2. The summed E-state index contributed by atoms with van der Waals surface area (Å²) in [6, 6.07) is 9.12. The van der Waals surface area contributed by atoms with Gasteiger partial charge >= 0.3 is 5.97 Å². The number of sulfone groups is 1. The van der Waals surface area contributed by atoms with E-state index in [4.69, 9.17) is 11.6 Å². The molecule has 0 amide bonds. The highest BCUT2D eigenvalue weighted by atomic mass is 35.5. The van der Waals surface area contributed by atoms with E-state index >= 15 is 0 Å². The summed E-state index contributed by atoms with van der Waals surface area (Å²) in [7, 11) is -3.80.